The second kappa shape index (κ2) is 6.21. The number of carbonyl (C=O) groups is 2. The van der Waals surface area contributed by atoms with Crippen molar-refractivity contribution in [3.63, 3.8) is 0 Å². The van der Waals surface area contributed by atoms with Gasteiger partial charge in [0.15, 0.2) is 0 Å². The van der Waals surface area contributed by atoms with Gasteiger partial charge in [0.05, 0.1) is 12.1 Å². The third kappa shape index (κ3) is 3.85. The maximum atomic E-state index is 12.1. The van der Waals surface area contributed by atoms with Crippen LogP contribution in [0.25, 0.3) is 0 Å². The summed E-state index contributed by atoms with van der Waals surface area (Å²) in [4.78, 5) is 26.4. The molecule has 6 heteroatoms. The highest BCUT2D eigenvalue weighted by Crippen LogP contribution is 2.28. The number of nitrogens with two attached hydrogens (primary N) is 1. The van der Waals surface area contributed by atoms with Crippen LogP contribution in [0.1, 0.15) is 25.7 Å². The van der Waals surface area contributed by atoms with E-state index in [9.17, 15) is 9.59 Å². The number of hydrogen-bond donors (Lipinski definition) is 1. The lowest BCUT2D eigenvalue weighted by Crippen LogP contribution is -2.54. The van der Waals surface area contributed by atoms with Crippen molar-refractivity contribution in [1.29, 1.82) is 0 Å². The monoisotopic (exact) mass is 263 g/mol. The molecule has 0 saturated heterocycles. The molecule has 17 heavy (non-hydrogen) atoms. The summed E-state index contributed by atoms with van der Waals surface area (Å²) >= 11 is 0. The van der Waals surface area contributed by atoms with E-state index in [1.165, 1.54) is 9.80 Å². The van der Waals surface area contributed by atoms with E-state index < -0.39 is 5.54 Å². The molecule has 0 radical (unpaired) electrons. The number of rotatable bonds is 3. The van der Waals surface area contributed by atoms with Crippen LogP contribution in [0.2, 0.25) is 0 Å². The average molecular weight is 264 g/mol. The first-order chi connectivity index (χ1) is 7.37. The van der Waals surface area contributed by atoms with Crippen molar-refractivity contribution in [2.24, 2.45) is 5.73 Å². The van der Waals surface area contributed by atoms with Gasteiger partial charge < -0.3 is 15.5 Å². The van der Waals surface area contributed by atoms with E-state index >= 15 is 0 Å². The van der Waals surface area contributed by atoms with E-state index in [2.05, 4.69) is 0 Å². The molecule has 100 valence electrons. The van der Waals surface area contributed by atoms with Gasteiger partial charge >= 0.3 is 0 Å². The summed E-state index contributed by atoms with van der Waals surface area (Å²) in [5.74, 6) is -0.197. The number of nitrogens with zero attached hydrogens (tertiary/aromatic N) is 2. The van der Waals surface area contributed by atoms with Crippen LogP contribution in [0.15, 0.2) is 0 Å². The van der Waals surface area contributed by atoms with Crippen molar-refractivity contribution in [2.45, 2.75) is 31.2 Å². The Kier molecular flexibility index (Phi) is 5.92. The molecule has 1 fully saturated rings. The summed E-state index contributed by atoms with van der Waals surface area (Å²) in [5.41, 5.74) is 5.30. The van der Waals surface area contributed by atoms with Crippen LogP contribution in [0, 0.1) is 0 Å². The van der Waals surface area contributed by atoms with Crippen LogP contribution in [-0.4, -0.2) is 54.8 Å². The summed E-state index contributed by atoms with van der Waals surface area (Å²) in [6.07, 6.45) is 3.45. The minimum atomic E-state index is -0.735. The Labute approximate surface area is 109 Å². The number of carbonyl (C=O) groups excluding carboxylic acids is 2. The van der Waals surface area contributed by atoms with Gasteiger partial charge in [-0.1, -0.05) is 12.8 Å². The second-order valence-electron chi connectivity index (χ2n) is 4.81. The Morgan fingerprint density at radius 3 is 2.06 bits per heavy atom. The molecule has 0 aliphatic heterocycles. The summed E-state index contributed by atoms with van der Waals surface area (Å²) in [7, 11) is 4.99. The second-order valence-corrected chi connectivity index (χ2v) is 4.81. The standard InChI is InChI=1S/C11H21N3O2.ClH/c1-13(2)9(15)8-14(3)10(16)11(12)6-4-5-7-11;/h4-8,12H2,1-3H3;1H. The molecule has 1 aliphatic rings. The average Bonchev–Trinajstić information content (AvgIpc) is 2.64. The number of likely N-dealkylation sites (N-methyl/N-ethyl adjacent to an activating group) is 2. The minimum absolute atomic E-state index is 0. The topological polar surface area (TPSA) is 66.6 Å². The van der Waals surface area contributed by atoms with Crippen LogP contribution in [0.3, 0.4) is 0 Å². The van der Waals surface area contributed by atoms with Gasteiger partial charge in [0, 0.05) is 21.1 Å². The maximum Gasteiger partial charge on any atom is 0.242 e. The van der Waals surface area contributed by atoms with Gasteiger partial charge in [-0.25, -0.2) is 0 Å². The highest BCUT2D eigenvalue weighted by atomic mass is 35.5. The Balaban J connectivity index is 0.00000256. The highest BCUT2D eigenvalue weighted by Gasteiger charge is 2.39. The molecule has 0 aromatic heterocycles. The van der Waals surface area contributed by atoms with Crippen molar-refractivity contribution in [3.05, 3.63) is 0 Å². The molecule has 0 aromatic rings. The van der Waals surface area contributed by atoms with Gasteiger partial charge in [-0.05, 0) is 12.8 Å². The minimum Gasteiger partial charge on any atom is -0.347 e. The van der Waals surface area contributed by atoms with Crippen molar-refractivity contribution in [2.75, 3.05) is 27.7 Å². The molecule has 2 amide bonds. The van der Waals surface area contributed by atoms with Crippen LogP contribution >= 0.6 is 12.4 Å². The number of hydrogen-bond acceptors (Lipinski definition) is 3. The van der Waals surface area contributed by atoms with E-state index in [1.807, 2.05) is 0 Å². The zero-order valence-electron chi connectivity index (χ0n) is 10.7. The third-order valence-electron chi connectivity index (χ3n) is 3.14. The van der Waals surface area contributed by atoms with Gasteiger partial charge in [-0.3, -0.25) is 9.59 Å². The van der Waals surface area contributed by atoms with Crippen molar-refractivity contribution in [3.8, 4) is 0 Å². The highest BCUT2D eigenvalue weighted by molar-refractivity contribution is 5.90. The molecule has 1 aliphatic carbocycles. The van der Waals surface area contributed by atoms with Gasteiger partial charge in [-0.2, -0.15) is 0 Å². The summed E-state index contributed by atoms with van der Waals surface area (Å²) in [5, 5.41) is 0. The van der Waals surface area contributed by atoms with E-state index in [0.29, 0.717) is 0 Å². The molecule has 1 rings (SSSR count). The number of halogens is 1. The Morgan fingerprint density at radius 1 is 1.18 bits per heavy atom. The number of amides is 2. The van der Waals surface area contributed by atoms with Gasteiger partial charge in [-0.15, -0.1) is 12.4 Å². The first kappa shape index (κ1) is 16.2. The lowest BCUT2D eigenvalue weighted by atomic mass is 9.97. The van der Waals surface area contributed by atoms with Crippen molar-refractivity contribution < 1.29 is 9.59 Å². The normalized spacial score (nSPS) is 17.2. The SMILES string of the molecule is CN(C)C(=O)CN(C)C(=O)C1(N)CCCC1.Cl. The Bertz CT molecular complexity index is 288. The van der Waals surface area contributed by atoms with Crippen molar-refractivity contribution in [1.82, 2.24) is 9.80 Å². The van der Waals surface area contributed by atoms with Crippen LogP contribution in [-0.2, 0) is 9.59 Å². The summed E-state index contributed by atoms with van der Waals surface area (Å²) in [6, 6.07) is 0. The van der Waals surface area contributed by atoms with E-state index in [1.54, 1.807) is 21.1 Å². The van der Waals surface area contributed by atoms with Crippen LogP contribution in [0.5, 0.6) is 0 Å². The molecular weight excluding hydrogens is 242 g/mol. The maximum absolute atomic E-state index is 12.1. The quantitative estimate of drug-likeness (QED) is 0.793. The summed E-state index contributed by atoms with van der Waals surface area (Å²) in [6.45, 7) is 0.102. The molecule has 2 N–H and O–H groups in total. The predicted molar refractivity (Wildman–Crippen MR) is 69.0 cm³/mol. The zero-order chi connectivity index (χ0) is 12.3. The summed E-state index contributed by atoms with van der Waals surface area (Å²) < 4.78 is 0. The molecule has 0 heterocycles. The Hall–Kier alpha value is -0.810. The van der Waals surface area contributed by atoms with E-state index in [0.717, 1.165) is 25.7 Å². The lowest BCUT2D eigenvalue weighted by molar-refractivity contribution is -0.141. The molecule has 1 saturated carbocycles. The zero-order valence-corrected chi connectivity index (χ0v) is 11.5. The van der Waals surface area contributed by atoms with Crippen LogP contribution in [0.4, 0.5) is 0 Å². The van der Waals surface area contributed by atoms with E-state index in [4.69, 9.17) is 5.73 Å². The Morgan fingerprint density at radius 2 is 1.65 bits per heavy atom. The first-order valence-corrected chi connectivity index (χ1v) is 5.61. The third-order valence-corrected chi connectivity index (χ3v) is 3.14. The van der Waals surface area contributed by atoms with Crippen LogP contribution < -0.4 is 5.73 Å². The fourth-order valence-corrected chi connectivity index (χ4v) is 2.02. The molecule has 0 spiro atoms. The fourth-order valence-electron chi connectivity index (χ4n) is 2.02. The largest absolute Gasteiger partial charge is 0.347 e. The predicted octanol–water partition coefficient (Wildman–Crippen LogP) is 0.226. The van der Waals surface area contributed by atoms with Gasteiger partial charge in [0.1, 0.15) is 0 Å². The molecule has 0 bridgehead atoms. The van der Waals surface area contributed by atoms with Gasteiger partial charge in [0.2, 0.25) is 11.8 Å². The smallest absolute Gasteiger partial charge is 0.242 e. The molecule has 0 aromatic carbocycles. The molecule has 0 atom stereocenters. The first-order valence-electron chi connectivity index (χ1n) is 5.61. The fraction of sp³-hybridized carbons (Fsp3) is 0.818. The van der Waals surface area contributed by atoms with Crippen molar-refractivity contribution >= 4 is 24.2 Å². The lowest BCUT2D eigenvalue weighted by Gasteiger charge is -2.29. The molecule has 5 nitrogen and oxygen atoms in total. The molecular formula is C11H22ClN3O2. The van der Waals surface area contributed by atoms with E-state index in [-0.39, 0.29) is 30.8 Å². The molecule has 0 unspecified atom stereocenters. The van der Waals surface area contributed by atoms with Gasteiger partial charge in [0.25, 0.3) is 0 Å².